The van der Waals surface area contributed by atoms with Gasteiger partial charge in [0.1, 0.15) is 27.4 Å². The number of rotatable bonds is 1. The van der Waals surface area contributed by atoms with E-state index < -0.39 is 21.7 Å². The molecule has 1 atom stereocenters. The molecule has 3 rings (SSSR count). The zero-order chi connectivity index (χ0) is 20.7. The summed E-state index contributed by atoms with van der Waals surface area (Å²) in [6, 6.07) is 1.98. The second-order valence-corrected chi connectivity index (χ2v) is 11.7. The number of fused-ring (bicyclic) bond motifs is 1. The smallest absolute Gasteiger partial charge is 0.410 e. The molecule has 1 fully saturated rings. The van der Waals surface area contributed by atoms with E-state index in [4.69, 9.17) is 9.13 Å². The Morgan fingerprint density at radius 3 is 2.46 bits per heavy atom. The number of carbonyl (C=O) groups is 1. The normalized spacial score (nSPS) is 21.7. The lowest BCUT2D eigenvalue weighted by molar-refractivity contribution is 0.0159. The number of nitrogens with zero attached hydrogens (tertiary/aromatic N) is 3. The first-order chi connectivity index (χ1) is 12.9. The molecule has 7 heteroatoms. The van der Waals surface area contributed by atoms with Gasteiger partial charge in [-0.2, -0.15) is 0 Å². The van der Waals surface area contributed by atoms with E-state index in [0.29, 0.717) is 13.1 Å². The van der Waals surface area contributed by atoms with Gasteiger partial charge in [0.25, 0.3) is 0 Å². The largest absolute Gasteiger partial charge is 0.591 e. The number of hydrogen-bond acceptors (Lipinski definition) is 5. The van der Waals surface area contributed by atoms with Crippen molar-refractivity contribution in [1.29, 1.82) is 0 Å². The molecule has 0 bridgehead atoms. The van der Waals surface area contributed by atoms with Crippen LogP contribution in [0.1, 0.15) is 65.5 Å². The van der Waals surface area contributed by atoms with E-state index in [9.17, 15) is 9.35 Å². The molecule has 0 N–H and O–H groups in total. The Morgan fingerprint density at radius 1 is 1.25 bits per heavy atom. The monoisotopic (exact) mass is 405 g/mol. The van der Waals surface area contributed by atoms with E-state index in [1.54, 1.807) is 11.1 Å². The van der Waals surface area contributed by atoms with E-state index in [2.05, 4.69) is 4.98 Å². The fourth-order valence-electron chi connectivity index (χ4n) is 3.76. The number of aromatic nitrogens is 1. The molecule has 0 saturated carbocycles. The highest BCUT2D eigenvalue weighted by molar-refractivity contribution is 7.91. The van der Waals surface area contributed by atoms with Crippen LogP contribution in [0.3, 0.4) is 0 Å². The fraction of sp³-hybridized carbons (Fsp3) is 0.667. The third-order valence-corrected chi connectivity index (χ3v) is 6.66. The first kappa shape index (κ1) is 21.1. The summed E-state index contributed by atoms with van der Waals surface area (Å²) in [5.41, 5.74) is 2.43. The summed E-state index contributed by atoms with van der Waals surface area (Å²) in [6.45, 7) is 12.7. The van der Waals surface area contributed by atoms with Crippen molar-refractivity contribution in [2.45, 2.75) is 71.2 Å². The van der Waals surface area contributed by atoms with Gasteiger partial charge in [-0.15, -0.1) is 0 Å². The molecule has 1 aliphatic carbocycles. The lowest BCUT2D eigenvalue weighted by atomic mass is 9.74. The second kappa shape index (κ2) is 7.34. The van der Waals surface area contributed by atoms with Crippen molar-refractivity contribution < 1.29 is 14.1 Å². The van der Waals surface area contributed by atoms with Gasteiger partial charge >= 0.3 is 6.09 Å². The average Bonchev–Trinajstić information content (AvgIpc) is 2.86. The molecule has 1 saturated heterocycles. The van der Waals surface area contributed by atoms with Gasteiger partial charge in [0.2, 0.25) is 0 Å². The molecule has 1 unspecified atom stereocenters. The van der Waals surface area contributed by atoms with Crippen LogP contribution in [-0.2, 0) is 22.5 Å². The summed E-state index contributed by atoms with van der Waals surface area (Å²) in [4.78, 5) is 18.5. The Kier molecular flexibility index (Phi) is 5.53. The second-order valence-electron chi connectivity index (χ2n) is 9.76. The van der Waals surface area contributed by atoms with Gasteiger partial charge in [0.05, 0.1) is 0 Å². The van der Waals surface area contributed by atoms with Gasteiger partial charge in [0, 0.05) is 36.5 Å². The van der Waals surface area contributed by atoms with Crippen molar-refractivity contribution in [2.75, 3.05) is 13.1 Å². The zero-order valence-corrected chi connectivity index (χ0v) is 18.6. The maximum atomic E-state index is 12.8. The number of ether oxygens (including phenoxy) is 1. The molecule has 28 heavy (non-hydrogen) atoms. The first-order valence-corrected chi connectivity index (χ1v) is 10.9. The number of hydrogen-bond donors (Lipinski definition) is 0. The van der Waals surface area contributed by atoms with Gasteiger partial charge in [-0.25, -0.2) is 4.79 Å². The lowest BCUT2D eigenvalue weighted by Crippen LogP contribution is -2.47. The lowest BCUT2D eigenvalue weighted by Gasteiger charge is -2.39. The molecule has 1 amide bonds. The first-order valence-electron chi connectivity index (χ1n) is 9.84. The summed E-state index contributed by atoms with van der Waals surface area (Å²) < 4.78 is 22.6. The van der Waals surface area contributed by atoms with E-state index in [1.807, 2.05) is 53.8 Å². The van der Waals surface area contributed by atoms with Crippen molar-refractivity contribution in [3.63, 3.8) is 0 Å². The van der Waals surface area contributed by atoms with Crippen molar-refractivity contribution in [1.82, 2.24) is 9.88 Å². The number of carbonyl (C=O) groups excluding carboxylic acids is 1. The van der Waals surface area contributed by atoms with Crippen LogP contribution in [0, 0.1) is 5.41 Å². The van der Waals surface area contributed by atoms with Crippen LogP contribution in [0.4, 0.5) is 4.79 Å². The Hall–Kier alpha value is -1.60. The Balaban J connectivity index is 1.85. The van der Waals surface area contributed by atoms with Gasteiger partial charge in [0.15, 0.2) is 0 Å². The van der Waals surface area contributed by atoms with Crippen molar-refractivity contribution in [3.8, 4) is 0 Å². The number of amides is 1. The minimum absolute atomic E-state index is 0.190. The summed E-state index contributed by atoms with van der Waals surface area (Å²) in [5, 5.41) is 0. The predicted octanol–water partition coefficient (Wildman–Crippen LogP) is 3.91. The highest BCUT2D eigenvalue weighted by Gasteiger charge is 2.48. The highest BCUT2D eigenvalue weighted by atomic mass is 32.2. The molecule has 1 aromatic heterocycles. The van der Waals surface area contributed by atoms with Crippen LogP contribution >= 0.6 is 0 Å². The van der Waals surface area contributed by atoms with Gasteiger partial charge in [-0.05, 0) is 72.4 Å². The SMILES string of the molecule is CC(C)(C)OC(=O)N1CCC2(CC1)Cc1cnccc1C2=N[S+]([O-])C(C)(C)C. The van der Waals surface area contributed by atoms with Crippen molar-refractivity contribution in [2.24, 2.45) is 9.81 Å². The number of likely N-dealkylation sites (tertiary alicyclic amines) is 1. The zero-order valence-electron chi connectivity index (χ0n) is 17.7. The fourth-order valence-corrected chi connectivity index (χ4v) is 4.49. The summed E-state index contributed by atoms with van der Waals surface area (Å²) in [5.74, 6) is 0. The van der Waals surface area contributed by atoms with Crippen LogP contribution < -0.4 is 0 Å². The van der Waals surface area contributed by atoms with E-state index >= 15 is 0 Å². The summed E-state index contributed by atoms with van der Waals surface area (Å²) in [6.07, 6.45) is 5.78. The van der Waals surface area contributed by atoms with E-state index in [1.165, 1.54) is 0 Å². The summed E-state index contributed by atoms with van der Waals surface area (Å²) >= 11 is -1.33. The molecular weight excluding hydrogens is 374 g/mol. The third-order valence-electron chi connectivity index (χ3n) is 5.26. The Bertz CT molecular complexity index is 772. The molecule has 1 aliphatic heterocycles. The van der Waals surface area contributed by atoms with Gasteiger partial charge in [-0.3, -0.25) is 4.98 Å². The van der Waals surface area contributed by atoms with Gasteiger partial charge < -0.3 is 14.2 Å². The summed E-state index contributed by atoms with van der Waals surface area (Å²) in [7, 11) is 0. The highest BCUT2D eigenvalue weighted by Crippen LogP contribution is 2.45. The van der Waals surface area contributed by atoms with Crippen LogP contribution in [-0.4, -0.2) is 49.7 Å². The van der Waals surface area contributed by atoms with Crippen LogP contribution in [0.5, 0.6) is 0 Å². The molecule has 6 nitrogen and oxygen atoms in total. The molecule has 1 spiro atoms. The van der Waals surface area contributed by atoms with Crippen molar-refractivity contribution >= 4 is 23.2 Å². The Labute approximate surface area is 171 Å². The van der Waals surface area contributed by atoms with Gasteiger partial charge in [-0.1, -0.05) is 4.40 Å². The number of pyridine rings is 1. The molecule has 154 valence electrons. The van der Waals surface area contributed by atoms with Crippen molar-refractivity contribution in [3.05, 3.63) is 29.6 Å². The Morgan fingerprint density at radius 2 is 1.89 bits per heavy atom. The quantitative estimate of drug-likeness (QED) is 0.664. The topological polar surface area (TPSA) is 77.8 Å². The molecule has 1 aromatic rings. The molecule has 2 aliphatic rings. The standard InChI is InChI=1S/C21H31N3O3S/c1-19(2,3)27-18(25)24-11-8-21(9-12-24)13-15-14-22-10-7-16(15)17(21)23-28(26)20(4,5)6/h7,10,14H,8-9,11-13H2,1-6H3. The minimum Gasteiger partial charge on any atom is -0.591 e. The van der Waals surface area contributed by atoms with Crippen LogP contribution in [0.2, 0.25) is 0 Å². The third kappa shape index (κ3) is 4.35. The molecule has 0 aromatic carbocycles. The van der Waals surface area contributed by atoms with Crippen LogP contribution in [0.25, 0.3) is 0 Å². The van der Waals surface area contributed by atoms with Crippen LogP contribution in [0.15, 0.2) is 22.9 Å². The predicted molar refractivity (Wildman–Crippen MR) is 112 cm³/mol. The maximum Gasteiger partial charge on any atom is 0.410 e. The molecule has 0 radical (unpaired) electrons. The molecular formula is C21H31N3O3S. The van der Waals surface area contributed by atoms with E-state index in [0.717, 1.165) is 36.1 Å². The number of piperidine rings is 1. The minimum atomic E-state index is -1.33. The average molecular weight is 406 g/mol. The van der Waals surface area contributed by atoms with E-state index in [-0.39, 0.29) is 11.5 Å². The molecule has 2 heterocycles. The maximum absolute atomic E-state index is 12.8.